The Hall–Kier alpha value is -1.14. The summed E-state index contributed by atoms with van der Waals surface area (Å²) in [6.07, 6.45) is 1.44. The molecule has 6 heteroatoms. The predicted octanol–water partition coefficient (Wildman–Crippen LogP) is -0.406. The number of likely N-dealkylation sites (N-methyl/N-ethyl adjacent to an activating group) is 1. The maximum Gasteiger partial charge on any atom is 0.236 e. The van der Waals surface area contributed by atoms with Crippen molar-refractivity contribution < 1.29 is 9.59 Å². The van der Waals surface area contributed by atoms with Gasteiger partial charge in [-0.1, -0.05) is 6.92 Å². The zero-order valence-corrected chi connectivity index (χ0v) is 13.0. The van der Waals surface area contributed by atoms with Crippen molar-refractivity contribution in [1.29, 1.82) is 0 Å². The van der Waals surface area contributed by atoms with Gasteiger partial charge in [-0.25, -0.2) is 0 Å². The molecule has 20 heavy (non-hydrogen) atoms. The first kappa shape index (κ1) is 16.9. The molecule has 0 bridgehead atoms. The lowest BCUT2D eigenvalue weighted by atomic mass is 10.1. The molecule has 1 heterocycles. The summed E-state index contributed by atoms with van der Waals surface area (Å²) < 4.78 is 0. The third-order valence-corrected chi connectivity index (χ3v) is 3.72. The van der Waals surface area contributed by atoms with Crippen LogP contribution in [0.15, 0.2) is 0 Å². The molecule has 0 aromatic heterocycles. The standard InChI is InChI=1S/C14H28N4O2/c1-12(10-15)9-13(19)18-6-4-5-17(7-8-18)11-14(20)16(2)3/h12H,4-11,15H2,1-3H3. The Morgan fingerprint density at radius 1 is 1.20 bits per heavy atom. The van der Waals surface area contributed by atoms with Crippen LogP contribution in [-0.2, 0) is 9.59 Å². The molecule has 0 saturated carbocycles. The fourth-order valence-electron chi connectivity index (χ4n) is 2.22. The number of carbonyl (C=O) groups is 2. The van der Waals surface area contributed by atoms with Gasteiger partial charge in [-0.3, -0.25) is 14.5 Å². The monoisotopic (exact) mass is 284 g/mol. The molecule has 1 rings (SSSR count). The Kier molecular flexibility index (Phi) is 6.95. The first-order valence-electron chi connectivity index (χ1n) is 7.34. The summed E-state index contributed by atoms with van der Waals surface area (Å²) in [5, 5.41) is 0. The van der Waals surface area contributed by atoms with Gasteiger partial charge in [0.1, 0.15) is 0 Å². The average Bonchev–Trinajstić information content (AvgIpc) is 2.64. The summed E-state index contributed by atoms with van der Waals surface area (Å²) in [4.78, 5) is 29.5. The largest absolute Gasteiger partial charge is 0.348 e. The van der Waals surface area contributed by atoms with E-state index in [-0.39, 0.29) is 17.7 Å². The van der Waals surface area contributed by atoms with Gasteiger partial charge in [-0.2, -0.15) is 0 Å². The van der Waals surface area contributed by atoms with Gasteiger partial charge in [0.05, 0.1) is 6.54 Å². The predicted molar refractivity (Wildman–Crippen MR) is 79.2 cm³/mol. The highest BCUT2D eigenvalue weighted by Crippen LogP contribution is 2.08. The molecule has 1 unspecified atom stereocenters. The molecule has 2 N–H and O–H groups in total. The lowest BCUT2D eigenvalue weighted by Crippen LogP contribution is -2.40. The van der Waals surface area contributed by atoms with Crippen molar-refractivity contribution in [1.82, 2.24) is 14.7 Å². The number of nitrogens with zero attached hydrogens (tertiary/aromatic N) is 3. The van der Waals surface area contributed by atoms with Gasteiger partial charge in [0.15, 0.2) is 0 Å². The number of amides is 2. The van der Waals surface area contributed by atoms with E-state index in [1.807, 2.05) is 11.8 Å². The fraction of sp³-hybridized carbons (Fsp3) is 0.857. The van der Waals surface area contributed by atoms with Crippen LogP contribution in [0.5, 0.6) is 0 Å². The number of nitrogens with two attached hydrogens (primary N) is 1. The minimum absolute atomic E-state index is 0.113. The molecule has 116 valence electrons. The van der Waals surface area contributed by atoms with Crippen LogP contribution in [0.3, 0.4) is 0 Å². The molecule has 0 spiro atoms. The molecule has 0 radical (unpaired) electrons. The molecule has 1 atom stereocenters. The van der Waals surface area contributed by atoms with E-state index in [2.05, 4.69) is 4.90 Å². The Labute approximate surface area is 121 Å². The number of carbonyl (C=O) groups excluding carboxylic acids is 2. The molecule has 1 aliphatic heterocycles. The van der Waals surface area contributed by atoms with E-state index >= 15 is 0 Å². The topological polar surface area (TPSA) is 69.9 Å². The number of hydrogen-bond acceptors (Lipinski definition) is 4. The smallest absolute Gasteiger partial charge is 0.236 e. The van der Waals surface area contributed by atoms with E-state index in [1.165, 1.54) is 0 Å². The molecule has 0 aromatic carbocycles. The summed E-state index contributed by atoms with van der Waals surface area (Å²) in [5.74, 6) is 0.530. The van der Waals surface area contributed by atoms with E-state index in [1.54, 1.807) is 19.0 Å². The van der Waals surface area contributed by atoms with Crippen LogP contribution >= 0.6 is 0 Å². The van der Waals surface area contributed by atoms with Crippen molar-refractivity contribution in [2.24, 2.45) is 11.7 Å². The van der Waals surface area contributed by atoms with Crippen molar-refractivity contribution in [2.75, 3.05) is 53.4 Å². The zero-order valence-electron chi connectivity index (χ0n) is 13.0. The second-order valence-electron chi connectivity index (χ2n) is 5.84. The SMILES string of the molecule is CC(CN)CC(=O)N1CCCN(CC(=O)N(C)C)CC1. The second kappa shape index (κ2) is 8.21. The van der Waals surface area contributed by atoms with Crippen LogP contribution in [-0.4, -0.2) is 79.9 Å². The lowest BCUT2D eigenvalue weighted by molar-refractivity contribution is -0.131. The minimum atomic E-state index is 0.113. The van der Waals surface area contributed by atoms with Gasteiger partial charge in [-0.05, 0) is 18.9 Å². The minimum Gasteiger partial charge on any atom is -0.348 e. The Morgan fingerprint density at radius 2 is 1.90 bits per heavy atom. The van der Waals surface area contributed by atoms with Gasteiger partial charge in [0.2, 0.25) is 11.8 Å². The molecule has 1 saturated heterocycles. The molecule has 6 nitrogen and oxygen atoms in total. The number of hydrogen-bond donors (Lipinski definition) is 1. The Balaban J connectivity index is 2.43. The first-order chi connectivity index (χ1) is 9.43. The van der Waals surface area contributed by atoms with Gasteiger partial charge in [-0.15, -0.1) is 0 Å². The average molecular weight is 284 g/mol. The zero-order chi connectivity index (χ0) is 15.1. The van der Waals surface area contributed by atoms with Crippen molar-refractivity contribution in [3.05, 3.63) is 0 Å². The molecule has 0 aliphatic carbocycles. The third-order valence-electron chi connectivity index (χ3n) is 3.72. The van der Waals surface area contributed by atoms with Crippen LogP contribution in [0.1, 0.15) is 19.8 Å². The summed E-state index contributed by atoms with van der Waals surface area (Å²) >= 11 is 0. The second-order valence-corrected chi connectivity index (χ2v) is 5.84. The van der Waals surface area contributed by atoms with Crippen LogP contribution in [0.4, 0.5) is 0 Å². The Morgan fingerprint density at radius 3 is 2.50 bits per heavy atom. The maximum absolute atomic E-state index is 12.1. The molecule has 2 amide bonds. The van der Waals surface area contributed by atoms with E-state index in [0.717, 1.165) is 26.1 Å². The van der Waals surface area contributed by atoms with Gasteiger partial charge >= 0.3 is 0 Å². The summed E-state index contributed by atoms with van der Waals surface area (Å²) in [5.41, 5.74) is 5.56. The normalized spacial score (nSPS) is 18.5. The van der Waals surface area contributed by atoms with Crippen LogP contribution in [0.2, 0.25) is 0 Å². The van der Waals surface area contributed by atoms with Crippen molar-refractivity contribution in [3.8, 4) is 0 Å². The summed E-state index contributed by atoms with van der Waals surface area (Å²) in [7, 11) is 3.54. The van der Waals surface area contributed by atoms with E-state index in [4.69, 9.17) is 5.73 Å². The molecular formula is C14H28N4O2. The molecule has 0 aromatic rings. The number of rotatable bonds is 5. The summed E-state index contributed by atoms with van der Waals surface area (Å²) in [6.45, 7) is 6.10. The molecule has 1 aliphatic rings. The van der Waals surface area contributed by atoms with Crippen molar-refractivity contribution in [2.45, 2.75) is 19.8 Å². The Bertz CT molecular complexity index is 333. The first-order valence-corrected chi connectivity index (χ1v) is 7.34. The van der Waals surface area contributed by atoms with Gasteiger partial charge in [0, 0.05) is 46.7 Å². The molecule has 1 fully saturated rings. The van der Waals surface area contributed by atoms with E-state index in [0.29, 0.717) is 26.1 Å². The van der Waals surface area contributed by atoms with E-state index in [9.17, 15) is 9.59 Å². The third kappa shape index (κ3) is 5.46. The van der Waals surface area contributed by atoms with Crippen LogP contribution < -0.4 is 5.73 Å². The fourth-order valence-corrected chi connectivity index (χ4v) is 2.22. The van der Waals surface area contributed by atoms with Crippen molar-refractivity contribution >= 4 is 11.8 Å². The van der Waals surface area contributed by atoms with Gasteiger partial charge < -0.3 is 15.5 Å². The van der Waals surface area contributed by atoms with Crippen LogP contribution in [0.25, 0.3) is 0 Å². The summed E-state index contributed by atoms with van der Waals surface area (Å²) in [6, 6.07) is 0. The lowest BCUT2D eigenvalue weighted by Gasteiger charge is -2.23. The van der Waals surface area contributed by atoms with E-state index < -0.39 is 0 Å². The highest BCUT2D eigenvalue weighted by Gasteiger charge is 2.21. The quantitative estimate of drug-likeness (QED) is 0.745. The highest BCUT2D eigenvalue weighted by atomic mass is 16.2. The van der Waals surface area contributed by atoms with Crippen molar-refractivity contribution in [3.63, 3.8) is 0 Å². The highest BCUT2D eigenvalue weighted by molar-refractivity contribution is 5.78. The molecular weight excluding hydrogens is 256 g/mol. The van der Waals surface area contributed by atoms with Crippen LogP contribution in [0, 0.1) is 5.92 Å². The van der Waals surface area contributed by atoms with Gasteiger partial charge in [0.25, 0.3) is 0 Å². The maximum atomic E-state index is 12.1.